The van der Waals surface area contributed by atoms with Crippen molar-refractivity contribution >= 4 is 17.7 Å². The number of hydrogen-bond acceptors (Lipinski definition) is 6. The number of nitro groups is 1. The van der Waals surface area contributed by atoms with Gasteiger partial charge in [0.05, 0.1) is 4.92 Å². The zero-order valence-corrected chi connectivity index (χ0v) is 14.4. The minimum Gasteiger partial charge on any atom is -0.502 e. The van der Waals surface area contributed by atoms with Crippen molar-refractivity contribution in [3.63, 3.8) is 0 Å². The van der Waals surface area contributed by atoms with Gasteiger partial charge in [-0.2, -0.15) is 0 Å². The van der Waals surface area contributed by atoms with Crippen LogP contribution in [0.4, 0.5) is 10.5 Å². The molecule has 0 aromatic heterocycles. The van der Waals surface area contributed by atoms with Crippen LogP contribution in [0.3, 0.4) is 0 Å². The zero-order chi connectivity index (χ0) is 18.8. The van der Waals surface area contributed by atoms with Crippen LogP contribution in [-0.4, -0.2) is 63.6 Å². The standard InChI is InChI=1S/C16H21N3O6/c1-16(2,3)25-15(22)18-8-6-17(7-9-18)14(21)11-4-5-12(19(23)24)13(20)10-11/h4-5,10,20H,6-9H2,1-3H3. The van der Waals surface area contributed by atoms with E-state index in [4.69, 9.17) is 4.74 Å². The lowest BCUT2D eigenvalue weighted by atomic mass is 10.1. The maximum Gasteiger partial charge on any atom is 0.410 e. The lowest BCUT2D eigenvalue weighted by molar-refractivity contribution is -0.385. The van der Waals surface area contributed by atoms with E-state index < -0.39 is 28.1 Å². The monoisotopic (exact) mass is 351 g/mol. The van der Waals surface area contributed by atoms with Gasteiger partial charge in [-0.15, -0.1) is 0 Å². The Kier molecular flexibility index (Phi) is 5.15. The number of ether oxygens (including phenoxy) is 1. The van der Waals surface area contributed by atoms with Crippen LogP contribution in [-0.2, 0) is 4.74 Å². The number of nitro benzene ring substituents is 1. The Morgan fingerprint density at radius 2 is 1.72 bits per heavy atom. The third-order valence-electron chi connectivity index (χ3n) is 3.64. The van der Waals surface area contributed by atoms with Gasteiger partial charge in [-0.05, 0) is 32.9 Å². The first-order valence-corrected chi connectivity index (χ1v) is 7.83. The van der Waals surface area contributed by atoms with E-state index >= 15 is 0 Å². The second-order valence-corrected chi connectivity index (χ2v) is 6.72. The number of carbonyl (C=O) groups excluding carboxylic acids is 2. The van der Waals surface area contributed by atoms with Gasteiger partial charge >= 0.3 is 11.8 Å². The van der Waals surface area contributed by atoms with E-state index in [-0.39, 0.29) is 11.5 Å². The Hall–Kier alpha value is -2.84. The van der Waals surface area contributed by atoms with Crippen molar-refractivity contribution in [2.75, 3.05) is 26.2 Å². The number of aromatic hydroxyl groups is 1. The summed E-state index contributed by atoms with van der Waals surface area (Å²) in [6.45, 7) is 6.65. The summed E-state index contributed by atoms with van der Waals surface area (Å²) >= 11 is 0. The van der Waals surface area contributed by atoms with Crippen LogP contribution in [0.1, 0.15) is 31.1 Å². The Morgan fingerprint density at radius 1 is 1.16 bits per heavy atom. The number of rotatable bonds is 2. The molecule has 0 radical (unpaired) electrons. The second-order valence-electron chi connectivity index (χ2n) is 6.72. The minimum atomic E-state index is -0.719. The average Bonchev–Trinajstić information content (AvgIpc) is 2.52. The van der Waals surface area contributed by atoms with Gasteiger partial charge in [0.15, 0.2) is 5.75 Å². The highest BCUT2D eigenvalue weighted by Crippen LogP contribution is 2.27. The predicted molar refractivity (Wildman–Crippen MR) is 88.5 cm³/mol. The molecule has 1 aliphatic heterocycles. The lowest BCUT2D eigenvalue weighted by Crippen LogP contribution is -2.51. The largest absolute Gasteiger partial charge is 0.502 e. The number of carbonyl (C=O) groups is 2. The van der Waals surface area contributed by atoms with Crippen LogP contribution in [0, 0.1) is 10.1 Å². The Bertz CT molecular complexity index is 690. The number of benzene rings is 1. The Balaban J connectivity index is 1.99. The number of hydrogen-bond donors (Lipinski definition) is 1. The number of amides is 2. The van der Waals surface area contributed by atoms with Gasteiger partial charge < -0.3 is 19.6 Å². The van der Waals surface area contributed by atoms with E-state index in [1.807, 2.05) is 0 Å². The molecule has 9 heteroatoms. The van der Waals surface area contributed by atoms with Gasteiger partial charge in [0.25, 0.3) is 5.91 Å². The van der Waals surface area contributed by atoms with Gasteiger partial charge in [-0.1, -0.05) is 0 Å². The van der Waals surface area contributed by atoms with E-state index in [0.29, 0.717) is 26.2 Å². The van der Waals surface area contributed by atoms with Crippen molar-refractivity contribution < 1.29 is 24.4 Å². The maximum atomic E-state index is 12.4. The van der Waals surface area contributed by atoms with Crippen molar-refractivity contribution in [2.45, 2.75) is 26.4 Å². The van der Waals surface area contributed by atoms with Crippen molar-refractivity contribution in [2.24, 2.45) is 0 Å². The third kappa shape index (κ3) is 4.59. The molecule has 2 amide bonds. The molecule has 25 heavy (non-hydrogen) atoms. The molecule has 0 aliphatic carbocycles. The zero-order valence-electron chi connectivity index (χ0n) is 14.4. The molecular formula is C16H21N3O6. The Morgan fingerprint density at radius 3 is 2.20 bits per heavy atom. The fourth-order valence-electron chi connectivity index (χ4n) is 2.41. The average molecular weight is 351 g/mol. The molecule has 0 bridgehead atoms. The molecule has 0 atom stereocenters. The van der Waals surface area contributed by atoms with Crippen LogP contribution in [0.5, 0.6) is 5.75 Å². The molecular weight excluding hydrogens is 330 g/mol. The molecule has 1 aliphatic rings. The summed E-state index contributed by atoms with van der Waals surface area (Å²) < 4.78 is 5.30. The van der Waals surface area contributed by atoms with Gasteiger partial charge in [0.1, 0.15) is 5.60 Å². The Labute approximate surface area is 144 Å². The predicted octanol–water partition coefficient (Wildman–Crippen LogP) is 1.99. The summed E-state index contributed by atoms with van der Waals surface area (Å²) in [5.41, 5.74) is -0.875. The van der Waals surface area contributed by atoms with Crippen LogP contribution < -0.4 is 0 Å². The molecule has 1 fully saturated rings. The highest BCUT2D eigenvalue weighted by atomic mass is 16.6. The van der Waals surface area contributed by atoms with E-state index in [9.17, 15) is 24.8 Å². The third-order valence-corrected chi connectivity index (χ3v) is 3.64. The van der Waals surface area contributed by atoms with Crippen molar-refractivity contribution in [1.29, 1.82) is 0 Å². The molecule has 1 aromatic carbocycles. The molecule has 0 saturated carbocycles. The molecule has 1 heterocycles. The van der Waals surface area contributed by atoms with Crippen LogP contribution in [0.2, 0.25) is 0 Å². The fraction of sp³-hybridized carbons (Fsp3) is 0.500. The fourth-order valence-corrected chi connectivity index (χ4v) is 2.41. The molecule has 1 saturated heterocycles. The van der Waals surface area contributed by atoms with Crippen molar-refractivity contribution in [3.8, 4) is 5.75 Å². The van der Waals surface area contributed by atoms with E-state index in [2.05, 4.69) is 0 Å². The van der Waals surface area contributed by atoms with Crippen LogP contribution >= 0.6 is 0 Å². The maximum absolute atomic E-state index is 12.4. The summed E-state index contributed by atoms with van der Waals surface area (Å²) in [6.07, 6.45) is -0.424. The number of piperazine rings is 1. The first kappa shape index (κ1) is 18.5. The summed E-state index contributed by atoms with van der Waals surface area (Å²) in [5.74, 6) is -0.905. The minimum absolute atomic E-state index is 0.161. The summed E-state index contributed by atoms with van der Waals surface area (Å²) in [6, 6.07) is 3.49. The summed E-state index contributed by atoms with van der Waals surface area (Å²) in [4.78, 5) is 37.5. The highest BCUT2D eigenvalue weighted by Gasteiger charge is 2.28. The SMILES string of the molecule is CC(C)(C)OC(=O)N1CCN(C(=O)c2ccc([N+](=O)[O-])c(O)c2)CC1. The van der Waals surface area contributed by atoms with E-state index in [1.165, 1.54) is 15.9 Å². The summed E-state index contributed by atoms with van der Waals surface area (Å²) in [5, 5.41) is 20.4. The normalized spacial score (nSPS) is 15.0. The van der Waals surface area contributed by atoms with E-state index in [1.54, 1.807) is 20.8 Å². The highest BCUT2D eigenvalue weighted by molar-refractivity contribution is 5.95. The molecule has 0 spiro atoms. The summed E-state index contributed by atoms with van der Waals surface area (Å²) in [7, 11) is 0. The molecule has 2 rings (SSSR count). The lowest BCUT2D eigenvalue weighted by Gasteiger charge is -2.35. The first-order valence-electron chi connectivity index (χ1n) is 7.83. The molecule has 136 valence electrons. The molecule has 1 N–H and O–H groups in total. The van der Waals surface area contributed by atoms with Gasteiger partial charge in [0.2, 0.25) is 0 Å². The molecule has 1 aromatic rings. The van der Waals surface area contributed by atoms with E-state index in [0.717, 1.165) is 12.1 Å². The molecule has 9 nitrogen and oxygen atoms in total. The van der Waals surface area contributed by atoms with Gasteiger partial charge in [-0.3, -0.25) is 14.9 Å². The number of phenolic OH excluding ortho intramolecular Hbond substituents is 1. The van der Waals surface area contributed by atoms with Crippen molar-refractivity contribution in [1.82, 2.24) is 9.80 Å². The number of nitrogens with zero attached hydrogens (tertiary/aromatic N) is 3. The van der Waals surface area contributed by atoms with Crippen LogP contribution in [0.15, 0.2) is 18.2 Å². The number of phenols is 1. The smallest absolute Gasteiger partial charge is 0.410 e. The van der Waals surface area contributed by atoms with Crippen LogP contribution in [0.25, 0.3) is 0 Å². The topological polar surface area (TPSA) is 113 Å². The van der Waals surface area contributed by atoms with Crippen molar-refractivity contribution in [3.05, 3.63) is 33.9 Å². The second kappa shape index (κ2) is 6.96. The van der Waals surface area contributed by atoms with Gasteiger partial charge in [0, 0.05) is 37.8 Å². The molecule has 0 unspecified atom stereocenters. The first-order chi connectivity index (χ1) is 11.6. The quantitative estimate of drug-likeness (QED) is 0.644. The van der Waals surface area contributed by atoms with Gasteiger partial charge in [-0.25, -0.2) is 4.79 Å².